The van der Waals surface area contributed by atoms with Crippen molar-refractivity contribution in [1.29, 1.82) is 0 Å². The van der Waals surface area contributed by atoms with Crippen LogP contribution in [0.2, 0.25) is 0 Å². The van der Waals surface area contributed by atoms with Crippen LogP contribution in [0.25, 0.3) is 0 Å². The van der Waals surface area contributed by atoms with Crippen LogP contribution in [0.4, 0.5) is 13.2 Å². The summed E-state index contributed by atoms with van der Waals surface area (Å²) in [5.41, 5.74) is 2.99. The first-order valence-corrected chi connectivity index (χ1v) is 8.97. The van der Waals surface area contributed by atoms with Gasteiger partial charge >= 0.3 is 6.18 Å². The molecule has 0 amide bonds. The van der Waals surface area contributed by atoms with Crippen molar-refractivity contribution >= 4 is 22.6 Å². The summed E-state index contributed by atoms with van der Waals surface area (Å²) in [6.45, 7) is 4.00. The van der Waals surface area contributed by atoms with E-state index in [0.29, 0.717) is 24.8 Å². The molecule has 4 aliphatic carbocycles. The summed E-state index contributed by atoms with van der Waals surface area (Å²) in [6.07, 6.45) is -1.80. The Bertz CT molecular complexity index is 675. The van der Waals surface area contributed by atoms with Gasteiger partial charge in [-0.1, -0.05) is 38.1 Å². The zero-order valence-corrected chi connectivity index (χ0v) is 15.5. The van der Waals surface area contributed by atoms with Crippen molar-refractivity contribution in [2.75, 3.05) is 0 Å². The Morgan fingerprint density at radius 3 is 1.87 bits per heavy atom. The largest absolute Gasteiger partial charge is 0.416 e. The predicted molar refractivity (Wildman–Crippen MR) is 96.8 cm³/mol. The first kappa shape index (κ1) is 18.3. The molecule has 0 unspecified atom stereocenters. The van der Waals surface area contributed by atoms with Crippen molar-refractivity contribution in [2.45, 2.75) is 45.7 Å². The lowest BCUT2D eigenvalue weighted by molar-refractivity contribution is -0.138. The first-order chi connectivity index (χ1) is 10.9. The van der Waals surface area contributed by atoms with Crippen LogP contribution in [0.5, 0.6) is 0 Å². The maximum absolute atomic E-state index is 13.2. The average Bonchev–Trinajstić information content (AvgIpc) is 2.51. The molecule has 2 aromatic rings. The first-order valence-electron chi connectivity index (χ1n) is 7.90. The number of halogens is 4. The van der Waals surface area contributed by atoms with Crippen LogP contribution >= 0.6 is 22.6 Å². The number of hydrogen-bond donors (Lipinski definition) is 0. The Morgan fingerprint density at radius 2 is 1.30 bits per heavy atom. The Balaban J connectivity index is 0.000000924. The van der Waals surface area contributed by atoms with Gasteiger partial charge in [-0.15, -0.1) is 0 Å². The van der Waals surface area contributed by atoms with Crippen LogP contribution in [-0.4, -0.2) is 0 Å². The summed E-state index contributed by atoms with van der Waals surface area (Å²) in [6, 6.07) is 11.1. The fourth-order valence-corrected chi connectivity index (χ4v) is 3.62. The van der Waals surface area contributed by atoms with Crippen LogP contribution in [-0.2, 0) is 31.9 Å². The maximum Gasteiger partial charge on any atom is 0.416 e. The highest BCUT2D eigenvalue weighted by molar-refractivity contribution is 14.1. The van der Waals surface area contributed by atoms with Gasteiger partial charge in [0.2, 0.25) is 0 Å². The van der Waals surface area contributed by atoms with E-state index in [9.17, 15) is 13.2 Å². The van der Waals surface area contributed by atoms with E-state index in [-0.39, 0.29) is 0 Å². The summed E-state index contributed by atoms with van der Waals surface area (Å²) < 4.78 is 40.8. The second kappa shape index (κ2) is 7.69. The molecule has 4 aliphatic rings. The van der Waals surface area contributed by atoms with Crippen molar-refractivity contribution < 1.29 is 13.2 Å². The summed E-state index contributed by atoms with van der Waals surface area (Å²) in [5.74, 6) is 0. The number of hydrogen-bond acceptors (Lipinski definition) is 0. The van der Waals surface area contributed by atoms with Gasteiger partial charge in [0.25, 0.3) is 0 Å². The second-order valence-corrected chi connectivity index (χ2v) is 6.58. The molecule has 0 spiro atoms. The lowest BCUT2D eigenvalue weighted by atomic mass is 9.93. The zero-order chi connectivity index (χ0) is 17.0. The Morgan fingerprint density at radius 1 is 0.783 bits per heavy atom. The predicted octanol–water partition coefficient (Wildman–Crippen LogP) is 6.22. The topological polar surface area (TPSA) is 0 Å². The lowest BCUT2D eigenvalue weighted by Crippen LogP contribution is -2.11. The molecule has 0 atom stereocenters. The highest BCUT2D eigenvalue weighted by Crippen LogP contribution is 2.34. The molecule has 6 rings (SSSR count). The molecule has 0 radical (unpaired) electrons. The molecule has 0 fully saturated rings. The number of alkyl halides is 3. The van der Waals surface area contributed by atoms with Crippen LogP contribution in [0.3, 0.4) is 0 Å². The summed E-state index contributed by atoms with van der Waals surface area (Å²) in [4.78, 5) is 0. The summed E-state index contributed by atoms with van der Waals surface area (Å²) in [5, 5.41) is 0. The van der Waals surface area contributed by atoms with Gasteiger partial charge < -0.3 is 0 Å². The van der Waals surface area contributed by atoms with Crippen molar-refractivity contribution in [3.63, 3.8) is 0 Å². The van der Waals surface area contributed by atoms with Gasteiger partial charge in [0, 0.05) is 3.57 Å². The Hall–Kier alpha value is -1.04. The fourth-order valence-electron chi connectivity index (χ4n) is 2.77. The molecule has 23 heavy (non-hydrogen) atoms. The minimum atomic E-state index is -4.27. The zero-order valence-electron chi connectivity index (χ0n) is 13.3. The minimum Gasteiger partial charge on any atom is -0.166 e. The molecule has 0 N–H and O–H groups in total. The molecule has 0 nitrogen and oxygen atoms in total. The van der Waals surface area contributed by atoms with Gasteiger partial charge in [0.1, 0.15) is 0 Å². The minimum absolute atomic E-state index is 0.394. The Labute approximate surface area is 149 Å². The van der Waals surface area contributed by atoms with E-state index in [2.05, 4.69) is 34.7 Å². The Kier molecular flexibility index (Phi) is 6.12. The molecule has 0 saturated carbocycles. The van der Waals surface area contributed by atoms with Gasteiger partial charge in [-0.3, -0.25) is 0 Å². The van der Waals surface area contributed by atoms with Gasteiger partial charge in [-0.2, -0.15) is 13.2 Å². The van der Waals surface area contributed by atoms with Crippen LogP contribution in [0.15, 0.2) is 36.4 Å². The van der Waals surface area contributed by atoms with Gasteiger partial charge in [-0.05, 0) is 82.7 Å². The SMILES string of the molecule is CC.FC(F)(F)c1cc2ccc1CCc1ccc(c(I)c1)CC2. The fraction of sp³-hybridized carbons (Fsp3) is 0.368. The molecular weight excluding hydrogens is 412 g/mol. The lowest BCUT2D eigenvalue weighted by Gasteiger charge is -2.17. The molecule has 0 aliphatic heterocycles. The van der Waals surface area contributed by atoms with Crippen molar-refractivity contribution in [1.82, 2.24) is 0 Å². The van der Waals surface area contributed by atoms with Crippen LogP contribution < -0.4 is 0 Å². The maximum atomic E-state index is 13.2. The van der Waals surface area contributed by atoms with Crippen molar-refractivity contribution in [2.24, 2.45) is 0 Å². The van der Waals surface area contributed by atoms with Gasteiger partial charge in [-0.25, -0.2) is 0 Å². The van der Waals surface area contributed by atoms with Crippen molar-refractivity contribution in [3.05, 3.63) is 67.8 Å². The molecule has 0 saturated heterocycles. The third kappa shape index (κ3) is 4.49. The molecule has 4 heteroatoms. The smallest absolute Gasteiger partial charge is 0.166 e. The standard InChI is InChI=1S/C17H14F3I.C2H6/c18-17(19,20)15-9-11-1-5-13(15)6-2-12-4-8-14(7-3-11)16(21)10-12;1-2/h1,4-5,8-10H,2-3,6-7H2;1-2H3. The molecular formula is C19H20F3I. The molecule has 2 aromatic carbocycles. The average molecular weight is 432 g/mol. The highest BCUT2D eigenvalue weighted by Gasteiger charge is 2.33. The summed E-state index contributed by atoms with van der Waals surface area (Å²) in [7, 11) is 0. The quantitative estimate of drug-likeness (QED) is 0.434. The van der Waals surface area contributed by atoms with Crippen LogP contribution in [0, 0.1) is 3.57 Å². The third-order valence-electron chi connectivity index (χ3n) is 3.96. The van der Waals surface area contributed by atoms with Gasteiger partial charge in [0.05, 0.1) is 5.56 Å². The second-order valence-electron chi connectivity index (χ2n) is 5.42. The summed E-state index contributed by atoms with van der Waals surface area (Å²) >= 11 is 2.31. The van der Waals surface area contributed by atoms with E-state index in [0.717, 1.165) is 17.5 Å². The van der Waals surface area contributed by atoms with E-state index in [1.165, 1.54) is 15.2 Å². The normalized spacial score (nSPS) is 13.8. The van der Waals surface area contributed by atoms with E-state index in [4.69, 9.17) is 0 Å². The van der Waals surface area contributed by atoms with Gasteiger partial charge in [0.15, 0.2) is 0 Å². The highest BCUT2D eigenvalue weighted by atomic mass is 127. The van der Waals surface area contributed by atoms with E-state index < -0.39 is 11.7 Å². The van der Waals surface area contributed by atoms with Crippen molar-refractivity contribution in [3.8, 4) is 0 Å². The monoisotopic (exact) mass is 432 g/mol. The van der Waals surface area contributed by atoms with Crippen LogP contribution in [0.1, 0.15) is 41.7 Å². The molecule has 0 aromatic heterocycles. The van der Waals surface area contributed by atoms with E-state index in [1.807, 2.05) is 26.0 Å². The number of aryl methyl sites for hydroxylation is 4. The molecule has 0 heterocycles. The molecule has 4 bridgehead atoms. The van der Waals surface area contributed by atoms with E-state index in [1.54, 1.807) is 6.07 Å². The number of benzene rings is 2. The van der Waals surface area contributed by atoms with E-state index >= 15 is 0 Å². The molecule has 124 valence electrons. The third-order valence-corrected chi connectivity index (χ3v) is 4.97. The number of rotatable bonds is 0.